The summed E-state index contributed by atoms with van der Waals surface area (Å²) in [6.45, 7) is 0.299. The summed E-state index contributed by atoms with van der Waals surface area (Å²) in [6.07, 6.45) is 2.93. The van der Waals surface area contributed by atoms with Crippen LogP contribution in [0.2, 0.25) is 0 Å². The summed E-state index contributed by atoms with van der Waals surface area (Å²) < 4.78 is 5.26. The minimum atomic E-state index is -0.974. The standard InChI is InChI=1S/C15H20N2O4/c1-21-13-6-5-12(8-13)17-15(20)16-9-10-3-2-4-11(7-10)14(18)19/h2-4,7,12-13H,5-6,8-9H2,1H3,(H,18,19)(H2,16,17,20). The maximum Gasteiger partial charge on any atom is 0.335 e. The summed E-state index contributed by atoms with van der Waals surface area (Å²) in [5.41, 5.74) is 0.972. The molecule has 2 unspecified atom stereocenters. The van der Waals surface area contributed by atoms with E-state index in [1.165, 1.54) is 6.07 Å². The first kappa shape index (κ1) is 15.3. The second-order valence-electron chi connectivity index (χ2n) is 5.20. The fourth-order valence-electron chi connectivity index (χ4n) is 2.52. The summed E-state index contributed by atoms with van der Waals surface area (Å²) in [6, 6.07) is 6.42. The Labute approximate surface area is 123 Å². The highest BCUT2D eigenvalue weighted by Gasteiger charge is 2.25. The lowest BCUT2D eigenvalue weighted by atomic mass is 10.1. The number of methoxy groups -OCH3 is 1. The van der Waals surface area contributed by atoms with Gasteiger partial charge in [-0.2, -0.15) is 0 Å². The Morgan fingerprint density at radius 2 is 2.19 bits per heavy atom. The number of aromatic carboxylic acids is 1. The molecule has 2 atom stereocenters. The highest BCUT2D eigenvalue weighted by molar-refractivity contribution is 5.87. The Morgan fingerprint density at radius 1 is 1.38 bits per heavy atom. The molecular formula is C15H20N2O4. The largest absolute Gasteiger partial charge is 0.478 e. The van der Waals surface area contributed by atoms with Crippen LogP contribution in [0.5, 0.6) is 0 Å². The molecule has 1 fully saturated rings. The summed E-state index contributed by atoms with van der Waals surface area (Å²) >= 11 is 0. The lowest BCUT2D eigenvalue weighted by Crippen LogP contribution is -2.40. The first-order valence-electron chi connectivity index (χ1n) is 6.98. The van der Waals surface area contributed by atoms with Crippen LogP contribution >= 0.6 is 0 Å². The Morgan fingerprint density at radius 3 is 2.86 bits per heavy atom. The van der Waals surface area contributed by atoms with Gasteiger partial charge in [0.2, 0.25) is 0 Å². The van der Waals surface area contributed by atoms with Crippen LogP contribution in [0.3, 0.4) is 0 Å². The average molecular weight is 292 g/mol. The number of urea groups is 1. The maximum absolute atomic E-state index is 11.8. The van der Waals surface area contributed by atoms with Crippen molar-refractivity contribution < 1.29 is 19.4 Å². The van der Waals surface area contributed by atoms with Gasteiger partial charge in [-0.25, -0.2) is 9.59 Å². The molecule has 0 heterocycles. The van der Waals surface area contributed by atoms with Crippen molar-refractivity contribution in [3.05, 3.63) is 35.4 Å². The fourth-order valence-corrected chi connectivity index (χ4v) is 2.52. The molecule has 2 rings (SSSR count). The molecule has 6 nitrogen and oxygen atoms in total. The number of carboxylic acid groups (broad SMARTS) is 1. The molecule has 0 saturated heterocycles. The lowest BCUT2D eigenvalue weighted by Gasteiger charge is -2.14. The predicted octanol–water partition coefficient (Wildman–Crippen LogP) is 1.75. The number of carbonyl (C=O) groups is 2. The van der Waals surface area contributed by atoms with Gasteiger partial charge in [-0.15, -0.1) is 0 Å². The van der Waals surface area contributed by atoms with E-state index in [1.807, 2.05) is 0 Å². The number of ether oxygens (including phenoxy) is 1. The highest BCUT2D eigenvalue weighted by Crippen LogP contribution is 2.21. The first-order chi connectivity index (χ1) is 10.1. The molecular weight excluding hydrogens is 272 g/mol. The van der Waals surface area contributed by atoms with Crippen LogP contribution in [-0.4, -0.2) is 36.4 Å². The van der Waals surface area contributed by atoms with Gasteiger partial charge in [0.15, 0.2) is 0 Å². The fraction of sp³-hybridized carbons (Fsp3) is 0.467. The summed E-state index contributed by atoms with van der Waals surface area (Å²) in [4.78, 5) is 22.7. The van der Waals surface area contributed by atoms with Gasteiger partial charge in [0.05, 0.1) is 11.7 Å². The van der Waals surface area contributed by atoms with Gasteiger partial charge in [-0.05, 0) is 37.0 Å². The van der Waals surface area contributed by atoms with Gasteiger partial charge in [0.1, 0.15) is 0 Å². The summed E-state index contributed by atoms with van der Waals surface area (Å²) in [7, 11) is 1.68. The molecule has 1 aliphatic rings. The molecule has 1 aromatic rings. The molecule has 0 radical (unpaired) electrons. The molecule has 114 valence electrons. The number of benzene rings is 1. The second kappa shape index (κ2) is 7.08. The van der Waals surface area contributed by atoms with Crippen molar-refractivity contribution in [3.8, 4) is 0 Å². The Kier molecular flexibility index (Phi) is 5.16. The molecule has 6 heteroatoms. The van der Waals surface area contributed by atoms with E-state index in [1.54, 1.807) is 25.3 Å². The van der Waals surface area contributed by atoms with Gasteiger partial charge in [-0.1, -0.05) is 12.1 Å². The number of hydrogen-bond acceptors (Lipinski definition) is 3. The van der Waals surface area contributed by atoms with E-state index >= 15 is 0 Å². The van der Waals surface area contributed by atoms with Crippen molar-refractivity contribution in [2.24, 2.45) is 0 Å². The maximum atomic E-state index is 11.8. The SMILES string of the molecule is COC1CCC(NC(=O)NCc2cccc(C(=O)O)c2)C1. The third-order valence-electron chi connectivity index (χ3n) is 3.68. The smallest absolute Gasteiger partial charge is 0.335 e. The second-order valence-corrected chi connectivity index (χ2v) is 5.20. The predicted molar refractivity (Wildman–Crippen MR) is 77.2 cm³/mol. The zero-order chi connectivity index (χ0) is 15.2. The van der Waals surface area contributed by atoms with Crippen molar-refractivity contribution in [2.75, 3.05) is 7.11 Å². The molecule has 0 spiro atoms. The van der Waals surface area contributed by atoms with Gasteiger partial charge in [-0.3, -0.25) is 0 Å². The number of amides is 2. The summed E-state index contributed by atoms with van der Waals surface area (Å²) in [5.74, 6) is -0.974. The third-order valence-corrected chi connectivity index (χ3v) is 3.68. The van der Waals surface area contributed by atoms with Gasteiger partial charge >= 0.3 is 12.0 Å². The molecule has 1 aromatic carbocycles. The molecule has 1 saturated carbocycles. The van der Waals surface area contributed by atoms with Crippen molar-refractivity contribution in [2.45, 2.75) is 38.0 Å². The van der Waals surface area contributed by atoms with E-state index in [4.69, 9.17) is 9.84 Å². The Hall–Kier alpha value is -2.08. The van der Waals surface area contributed by atoms with E-state index in [9.17, 15) is 9.59 Å². The van der Waals surface area contributed by atoms with Gasteiger partial charge in [0, 0.05) is 19.7 Å². The van der Waals surface area contributed by atoms with Crippen LogP contribution in [-0.2, 0) is 11.3 Å². The Balaban J connectivity index is 1.79. The van der Waals surface area contributed by atoms with Crippen molar-refractivity contribution in [1.29, 1.82) is 0 Å². The number of nitrogens with one attached hydrogen (secondary N) is 2. The lowest BCUT2D eigenvalue weighted by molar-refractivity contribution is 0.0696. The summed E-state index contributed by atoms with van der Waals surface area (Å²) in [5, 5.41) is 14.6. The topological polar surface area (TPSA) is 87.7 Å². The van der Waals surface area contributed by atoms with E-state index in [2.05, 4.69) is 10.6 Å². The van der Waals surface area contributed by atoms with Crippen LogP contribution in [0.25, 0.3) is 0 Å². The first-order valence-corrected chi connectivity index (χ1v) is 6.98. The van der Waals surface area contributed by atoms with Crippen LogP contribution in [0.4, 0.5) is 4.79 Å². The average Bonchev–Trinajstić information content (AvgIpc) is 2.93. The third kappa shape index (κ3) is 4.46. The number of rotatable bonds is 5. The molecule has 1 aliphatic carbocycles. The minimum absolute atomic E-state index is 0.139. The van der Waals surface area contributed by atoms with Gasteiger partial charge in [0.25, 0.3) is 0 Å². The number of carboxylic acids is 1. The van der Waals surface area contributed by atoms with Crippen LogP contribution in [0, 0.1) is 0 Å². The number of carbonyl (C=O) groups excluding carboxylic acids is 1. The minimum Gasteiger partial charge on any atom is -0.478 e. The van der Waals surface area contributed by atoms with E-state index in [0.29, 0.717) is 6.54 Å². The molecule has 2 amide bonds. The van der Waals surface area contributed by atoms with Crippen LogP contribution in [0.15, 0.2) is 24.3 Å². The molecule has 0 bridgehead atoms. The molecule has 21 heavy (non-hydrogen) atoms. The van der Waals surface area contributed by atoms with Crippen molar-refractivity contribution in [3.63, 3.8) is 0 Å². The zero-order valence-corrected chi connectivity index (χ0v) is 12.0. The highest BCUT2D eigenvalue weighted by atomic mass is 16.5. The van der Waals surface area contributed by atoms with E-state index in [-0.39, 0.29) is 23.7 Å². The quantitative estimate of drug-likeness (QED) is 0.771. The van der Waals surface area contributed by atoms with E-state index < -0.39 is 5.97 Å². The van der Waals surface area contributed by atoms with Crippen molar-refractivity contribution >= 4 is 12.0 Å². The van der Waals surface area contributed by atoms with Crippen LogP contribution in [0.1, 0.15) is 35.2 Å². The normalized spacial score (nSPS) is 21.0. The van der Waals surface area contributed by atoms with Gasteiger partial charge < -0.3 is 20.5 Å². The van der Waals surface area contributed by atoms with E-state index in [0.717, 1.165) is 24.8 Å². The number of hydrogen-bond donors (Lipinski definition) is 3. The molecule has 3 N–H and O–H groups in total. The monoisotopic (exact) mass is 292 g/mol. The van der Waals surface area contributed by atoms with Crippen LogP contribution < -0.4 is 10.6 Å². The zero-order valence-electron chi connectivity index (χ0n) is 12.0. The van der Waals surface area contributed by atoms with Crippen molar-refractivity contribution in [1.82, 2.24) is 10.6 Å². The molecule has 0 aliphatic heterocycles. The molecule has 0 aromatic heterocycles. The Bertz CT molecular complexity index is 518.